The van der Waals surface area contributed by atoms with Gasteiger partial charge in [-0.15, -0.1) is 0 Å². The molecule has 3 aromatic carbocycles. The number of fused-ring (bicyclic) bond motifs is 1. The first-order valence-electron chi connectivity index (χ1n) is 8.22. The molecule has 0 bridgehead atoms. The predicted molar refractivity (Wildman–Crippen MR) is 108 cm³/mol. The fourth-order valence-electron chi connectivity index (χ4n) is 2.69. The second-order valence-electron chi connectivity index (χ2n) is 5.94. The number of hydrogen-bond donors (Lipinski definition) is 1. The molecule has 0 unspecified atom stereocenters. The maximum atomic E-state index is 12.4. The molecular formula is C20H12BrN3O4. The Balaban J connectivity index is 1.54. The van der Waals surface area contributed by atoms with E-state index in [1.165, 1.54) is 18.2 Å². The summed E-state index contributed by atoms with van der Waals surface area (Å²) in [7, 11) is 0. The number of oxazole rings is 1. The molecule has 28 heavy (non-hydrogen) atoms. The lowest BCUT2D eigenvalue weighted by molar-refractivity contribution is -0.385. The number of carbonyl (C=O) groups is 1. The summed E-state index contributed by atoms with van der Waals surface area (Å²) in [5.74, 6) is 0.0489. The predicted octanol–water partition coefficient (Wildman–Crippen LogP) is 5.42. The Morgan fingerprint density at radius 2 is 1.82 bits per heavy atom. The molecule has 0 saturated heterocycles. The van der Waals surface area contributed by atoms with Gasteiger partial charge in [-0.3, -0.25) is 14.9 Å². The molecule has 0 fully saturated rings. The van der Waals surface area contributed by atoms with Crippen molar-refractivity contribution in [3.8, 4) is 11.5 Å². The molecule has 0 aliphatic rings. The standard InChI is InChI=1S/C20H12BrN3O4/c21-15-10-7-13(11-17(15)24(26)27)19(25)22-14-8-5-12(6-9-14)20-23-16-3-1-2-4-18(16)28-20/h1-11H,(H,22,25). The van der Waals surface area contributed by atoms with E-state index in [0.29, 0.717) is 21.6 Å². The van der Waals surface area contributed by atoms with Crippen LogP contribution in [0.1, 0.15) is 10.4 Å². The molecule has 138 valence electrons. The quantitative estimate of drug-likeness (QED) is 0.339. The van der Waals surface area contributed by atoms with Crippen molar-refractivity contribution in [2.75, 3.05) is 5.32 Å². The largest absolute Gasteiger partial charge is 0.436 e. The topological polar surface area (TPSA) is 98.3 Å². The third kappa shape index (κ3) is 3.49. The minimum absolute atomic E-state index is 0.168. The van der Waals surface area contributed by atoms with Crippen LogP contribution in [0.5, 0.6) is 0 Å². The number of para-hydroxylation sites is 2. The van der Waals surface area contributed by atoms with Gasteiger partial charge in [0.15, 0.2) is 5.58 Å². The highest BCUT2D eigenvalue weighted by atomic mass is 79.9. The summed E-state index contributed by atoms with van der Waals surface area (Å²) in [5.41, 5.74) is 2.82. The molecule has 0 aliphatic carbocycles. The molecule has 0 radical (unpaired) electrons. The van der Waals surface area contributed by atoms with Gasteiger partial charge in [-0.1, -0.05) is 12.1 Å². The number of anilines is 1. The summed E-state index contributed by atoms with van der Waals surface area (Å²) in [6.45, 7) is 0. The molecule has 4 aromatic rings. The summed E-state index contributed by atoms with van der Waals surface area (Å²) in [5, 5.41) is 13.7. The second kappa shape index (κ2) is 7.24. The number of halogens is 1. The number of nitrogens with zero attached hydrogens (tertiary/aromatic N) is 2. The van der Waals surface area contributed by atoms with Gasteiger partial charge in [0.25, 0.3) is 11.6 Å². The smallest absolute Gasteiger partial charge is 0.284 e. The van der Waals surface area contributed by atoms with Gasteiger partial charge in [-0.25, -0.2) is 4.98 Å². The van der Waals surface area contributed by atoms with E-state index in [4.69, 9.17) is 4.42 Å². The number of nitro groups is 1. The monoisotopic (exact) mass is 437 g/mol. The number of aromatic nitrogens is 1. The summed E-state index contributed by atoms with van der Waals surface area (Å²) >= 11 is 3.10. The minimum atomic E-state index is -0.546. The number of rotatable bonds is 4. The molecule has 1 aromatic heterocycles. The van der Waals surface area contributed by atoms with Crippen LogP contribution in [0.4, 0.5) is 11.4 Å². The molecule has 7 nitrogen and oxygen atoms in total. The van der Waals surface area contributed by atoms with Crippen molar-refractivity contribution in [3.63, 3.8) is 0 Å². The normalized spacial score (nSPS) is 10.8. The summed E-state index contributed by atoms with van der Waals surface area (Å²) in [4.78, 5) is 27.3. The Bertz CT molecular complexity index is 1170. The zero-order valence-corrected chi connectivity index (χ0v) is 15.8. The highest BCUT2D eigenvalue weighted by Gasteiger charge is 2.16. The van der Waals surface area contributed by atoms with Crippen molar-refractivity contribution in [2.45, 2.75) is 0 Å². The zero-order valence-electron chi connectivity index (χ0n) is 14.3. The van der Waals surface area contributed by atoms with E-state index in [1.807, 2.05) is 24.3 Å². The van der Waals surface area contributed by atoms with Crippen LogP contribution in [0.15, 0.2) is 75.6 Å². The highest BCUT2D eigenvalue weighted by Crippen LogP contribution is 2.27. The van der Waals surface area contributed by atoms with Crippen molar-refractivity contribution >= 4 is 44.3 Å². The van der Waals surface area contributed by atoms with Crippen LogP contribution < -0.4 is 5.32 Å². The summed E-state index contributed by atoms with van der Waals surface area (Å²) in [6.07, 6.45) is 0. The van der Waals surface area contributed by atoms with Crippen LogP contribution in [0.25, 0.3) is 22.6 Å². The molecule has 8 heteroatoms. The SMILES string of the molecule is O=C(Nc1ccc(-c2nc3ccccc3o2)cc1)c1ccc(Br)c([N+](=O)[O-])c1. The van der Waals surface area contributed by atoms with Crippen LogP contribution in [0.2, 0.25) is 0 Å². The first kappa shape index (κ1) is 17.9. The van der Waals surface area contributed by atoms with E-state index >= 15 is 0 Å². The van der Waals surface area contributed by atoms with E-state index in [0.717, 1.165) is 11.1 Å². The Morgan fingerprint density at radius 1 is 1.07 bits per heavy atom. The Labute approximate surface area is 167 Å². The molecule has 4 rings (SSSR count). The first-order valence-corrected chi connectivity index (χ1v) is 9.02. The molecule has 1 heterocycles. The maximum absolute atomic E-state index is 12.4. The Kier molecular flexibility index (Phi) is 4.62. The van der Waals surface area contributed by atoms with Gasteiger partial charge in [0.05, 0.1) is 9.40 Å². The molecule has 1 N–H and O–H groups in total. The number of nitrogens with one attached hydrogen (secondary N) is 1. The number of hydrogen-bond acceptors (Lipinski definition) is 5. The van der Waals surface area contributed by atoms with Crippen LogP contribution in [-0.2, 0) is 0 Å². The highest BCUT2D eigenvalue weighted by molar-refractivity contribution is 9.10. The summed E-state index contributed by atoms with van der Waals surface area (Å²) < 4.78 is 6.04. The van der Waals surface area contributed by atoms with Gasteiger partial charge in [-0.2, -0.15) is 0 Å². The van der Waals surface area contributed by atoms with Crippen molar-refractivity contribution in [1.29, 1.82) is 0 Å². The molecule has 0 atom stereocenters. The van der Waals surface area contributed by atoms with E-state index in [-0.39, 0.29) is 11.3 Å². The zero-order chi connectivity index (χ0) is 19.7. The maximum Gasteiger partial charge on any atom is 0.284 e. The summed E-state index contributed by atoms with van der Waals surface area (Å²) in [6, 6.07) is 18.7. The molecule has 0 spiro atoms. The van der Waals surface area contributed by atoms with Gasteiger partial charge in [-0.05, 0) is 64.5 Å². The Morgan fingerprint density at radius 3 is 2.54 bits per heavy atom. The average Bonchev–Trinajstić information content (AvgIpc) is 3.13. The van der Waals surface area contributed by atoms with E-state index < -0.39 is 10.8 Å². The number of carbonyl (C=O) groups excluding carboxylic acids is 1. The molecule has 0 aliphatic heterocycles. The second-order valence-corrected chi connectivity index (χ2v) is 6.80. The number of benzene rings is 3. The Hall–Kier alpha value is -3.52. The van der Waals surface area contributed by atoms with Crippen molar-refractivity contribution in [3.05, 3.63) is 86.9 Å². The number of amides is 1. The lowest BCUT2D eigenvalue weighted by atomic mass is 10.1. The van der Waals surface area contributed by atoms with Crippen molar-refractivity contribution in [1.82, 2.24) is 4.98 Å². The fraction of sp³-hybridized carbons (Fsp3) is 0. The fourth-order valence-corrected chi connectivity index (χ4v) is 3.08. The van der Waals surface area contributed by atoms with E-state index in [1.54, 1.807) is 24.3 Å². The van der Waals surface area contributed by atoms with Crippen LogP contribution in [0, 0.1) is 10.1 Å². The lowest BCUT2D eigenvalue weighted by Crippen LogP contribution is -2.12. The van der Waals surface area contributed by atoms with Crippen molar-refractivity contribution < 1.29 is 14.1 Å². The van der Waals surface area contributed by atoms with Gasteiger partial charge in [0, 0.05) is 22.9 Å². The van der Waals surface area contributed by atoms with Gasteiger partial charge < -0.3 is 9.73 Å². The number of nitro benzene ring substituents is 1. The molecule has 0 saturated carbocycles. The van der Waals surface area contributed by atoms with Gasteiger partial charge >= 0.3 is 0 Å². The molecule has 1 amide bonds. The minimum Gasteiger partial charge on any atom is -0.436 e. The average molecular weight is 438 g/mol. The third-order valence-corrected chi connectivity index (χ3v) is 4.76. The van der Waals surface area contributed by atoms with E-state index in [9.17, 15) is 14.9 Å². The van der Waals surface area contributed by atoms with Crippen LogP contribution >= 0.6 is 15.9 Å². The van der Waals surface area contributed by atoms with Crippen molar-refractivity contribution in [2.24, 2.45) is 0 Å². The lowest BCUT2D eigenvalue weighted by Gasteiger charge is -2.06. The van der Waals surface area contributed by atoms with Gasteiger partial charge in [0.1, 0.15) is 5.52 Å². The third-order valence-electron chi connectivity index (χ3n) is 4.09. The first-order chi connectivity index (χ1) is 13.5. The van der Waals surface area contributed by atoms with E-state index in [2.05, 4.69) is 26.2 Å². The van der Waals surface area contributed by atoms with Crippen LogP contribution in [0.3, 0.4) is 0 Å². The van der Waals surface area contributed by atoms with Crippen LogP contribution in [-0.4, -0.2) is 15.8 Å². The van der Waals surface area contributed by atoms with Gasteiger partial charge in [0.2, 0.25) is 5.89 Å². The molecular weight excluding hydrogens is 426 g/mol.